The zero-order chi connectivity index (χ0) is 18.4. The Hall–Kier alpha value is -2.64. The summed E-state index contributed by atoms with van der Waals surface area (Å²) in [4.78, 5) is 4.43. The molecule has 0 bridgehead atoms. The first-order valence-electron chi connectivity index (χ1n) is 8.83. The molecule has 0 amide bonds. The lowest BCUT2D eigenvalue weighted by atomic mass is 10.2. The van der Waals surface area contributed by atoms with Crippen LogP contribution in [0.25, 0.3) is 5.65 Å². The van der Waals surface area contributed by atoms with E-state index in [9.17, 15) is 0 Å². The van der Waals surface area contributed by atoms with Gasteiger partial charge in [0.25, 0.3) is 0 Å². The third-order valence-corrected chi connectivity index (χ3v) is 4.19. The average Bonchev–Trinajstić information content (AvgIpc) is 3.08. The lowest BCUT2D eigenvalue weighted by Crippen LogP contribution is -2.08. The van der Waals surface area contributed by atoms with Gasteiger partial charge in [0, 0.05) is 31.4 Å². The van der Waals surface area contributed by atoms with E-state index in [1.165, 1.54) is 5.56 Å². The van der Waals surface area contributed by atoms with Crippen molar-refractivity contribution in [2.24, 2.45) is 0 Å². The molecule has 2 heterocycles. The highest BCUT2D eigenvalue weighted by atomic mass is 16.5. The van der Waals surface area contributed by atoms with Crippen LogP contribution in [0.1, 0.15) is 37.0 Å². The molecule has 2 aromatic heterocycles. The number of unbranched alkanes of at least 4 members (excludes halogenated alkanes) is 1. The molecule has 0 saturated carbocycles. The minimum absolute atomic E-state index is 0.150. The smallest absolute Gasteiger partial charge is 0.165 e. The van der Waals surface area contributed by atoms with E-state index in [2.05, 4.69) is 27.5 Å². The predicted octanol–water partition coefficient (Wildman–Crippen LogP) is 2.77. The number of aliphatic hydroxyl groups is 1. The molecule has 7 nitrogen and oxygen atoms in total. The van der Waals surface area contributed by atoms with Crippen molar-refractivity contribution in [2.75, 3.05) is 24.3 Å². The number of ether oxygens (including phenoxy) is 1. The van der Waals surface area contributed by atoms with Crippen LogP contribution in [0.4, 0.5) is 11.6 Å². The molecule has 3 aromatic rings. The van der Waals surface area contributed by atoms with Crippen LogP contribution in [-0.4, -0.2) is 32.9 Å². The predicted molar refractivity (Wildman–Crippen MR) is 102 cm³/mol. The Labute approximate surface area is 152 Å². The summed E-state index contributed by atoms with van der Waals surface area (Å²) >= 11 is 0. The Balaban J connectivity index is 1.77. The molecule has 1 unspecified atom stereocenters. The second-order valence-corrected chi connectivity index (χ2v) is 6.18. The van der Waals surface area contributed by atoms with Gasteiger partial charge in [-0.1, -0.05) is 30.3 Å². The van der Waals surface area contributed by atoms with E-state index in [-0.39, 0.29) is 12.7 Å². The molecule has 0 spiro atoms. The van der Waals surface area contributed by atoms with Gasteiger partial charge in [0.1, 0.15) is 11.6 Å². The normalized spacial score (nSPS) is 12.4. The molecule has 0 fully saturated rings. The molecule has 138 valence electrons. The number of rotatable bonds is 9. The van der Waals surface area contributed by atoms with Crippen LogP contribution >= 0.6 is 0 Å². The Morgan fingerprint density at radius 3 is 2.85 bits per heavy atom. The number of aromatic nitrogens is 3. The maximum Gasteiger partial charge on any atom is 0.165 e. The molecule has 0 radical (unpaired) electrons. The summed E-state index contributed by atoms with van der Waals surface area (Å²) in [7, 11) is 0. The number of hydrogen-bond donors (Lipinski definition) is 3. The second-order valence-electron chi connectivity index (χ2n) is 6.18. The van der Waals surface area contributed by atoms with Gasteiger partial charge in [-0.15, -0.1) is 0 Å². The number of fused-ring (bicyclic) bond motifs is 1. The standard InChI is InChI=1S/C19H25N5O2/c1-14(26-10-6-5-9-25)16-13-22-24-18(11-17(20)23-19(16)24)21-12-15-7-3-2-4-8-15/h2-4,7-8,11,13-14,21,25H,5-6,9-10,12H2,1H3,(H2,20,23). The van der Waals surface area contributed by atoms with E-state index in [0.717, 1.165) is 24.2 Å². The minimum atomic E-state index is -0.150. The SMILES string of the molecule is CC(OCCCCO)c1cnn2c(NCc3ccccc3)cc(N)nc12. The first kappa shape index (κ1) is 18.2. The van der Waals surface area contributed by atoms with E-state index in [1.54, 1.807) is 16.8 Å². The third kappa shape index (κ3) is 4.30. The quantitative estimate of drug-likeness (QED) is 0.511. The third-order valence-electron chi connectivity index (χ3n) is 4.19. The highest BCUT2D eigenvalue weighted by molar-refractivity contribution is 5.59. The molecule has 0 aliphatic heterocycles. The molecular formula is C19H25N5O2. The van der Waals surface area contributed by atoms with Gasteiger partial charge in [-0.2, -0.15) is 9.61 Å². The van der Waals surface area contributed by atoms with Gasteiger partial charge < -0.3 is 20.9 Å². The molecule has 1 atom stereocenters. The van der Waals surface area contributed by atoms with E-state index >= 15 is 0 Å². The summed E-state index contributed by atoms with van der Waals surface area (Å²) in [6, 6.07) is 11.9. The highest BCUT2D eigenvalue weighted by Gasteiger charge is 2.16. The lowest BCUT2D eigenvalue weighted by molar-refractivity contribution is 0.0613. The fourth-order valence-corrected chi connectivity index (χ4v) is 2.76. The maximum absolute atomic E-state index is 8.85. The average molecular weight is 355 g/mol. The zero-order valence-corrected chi connectivity index (χ0v) is 14.9. The van der Waals surface area contributed by atoms with Crippen LogP contribution in [0.15, 0.2) is 42.6 Å². The van der Waals surface area contributed by atoms with Crippen LogP contribution in [0.3, 0.4) is 0 Å². The number of aliphatic hydroxyl groups excluding tert-OH is 1. The summed E-state index contributed by atoms with van der Waals surface area (Å²) in [6.07, 6.45) is 3.17. The van der Waals surface area contributed by atoms with Crippen LogP contribution < -0.4 is 11.1 Å². The fourth-order valence-electron chi connectivity index (χ4n) is 2.76. The lowest BCUT2D eigenvalue weighted by Gasteiger charge is -2.13. The first-order valence-corrected chi connectivity index (χ1v) is 8.83. The molecule has 0 aliphatic carbocycles. The van der Waals surface area contributed by atoms with Gasteiger partial charge in [0.15, 0.2) is 5.65 Å². The summed E-state index contributed by atoms with van der Waals surface area (Å²) in [6.45, 7) is 3.41. The minimum Gasteiger partial charge on any atom is -0.396 e. The molecule has 4 N–H and O–H groups in total. The second kappa shape index (κ2) is 8.64. The van der Waals surface area contributed by atoms with E-state index in [4.69, 9.17) is 15.6 Å². The van der Waals surface area contributed by atoms with Crippen molar-refractivity contribution < 1.29 is 9.84 Å². The van der Waals surface area contributed by atoms with Crippen LogP contribution in [0.5, 0.6) is 0 Å². The van der Waals surface area contributed by atoms with Crippen molar-refractivity contribution in [1.29, 1.82) is 0 Å². The summed E-state index contributed by atoms with van der Waals surface area (Å²) in [5, 5.41) is 16.7. The number of nitrogens with two attached hydrogens (primary N) is 1. The Kier molecular flexibility index (Phi) is 6.04. The van der Waals surface area contributed by atoms with Gasteiger partial charge >= 0.3 is 0 Å². The first-order chi connectivity index (χ1) is 12.7. The van der Waals surface area contributed by atoms with E-state index in [0.29, 0.717) is 24.6 Å². The summed E-state index contributed by atoms with van der Waals surface area (Å²) < 4.78 is 7.59. The van der Waals surface area contributed by atoms with Crippen molar-refractivity contribution in [3.63, 3.8) is 0 Å². The van der Waals surface area contributed by atoms with Crippen molar-refractivity contribution >= 4 is 17.3 Å². The molecule has 0 saturated heterocycles. The van der Waals surface area contributed by atoms with Crippen LogP contribution in [0.2, 0.25) is 0 Å². The van der Waals surface area contributed by atoms with Crippen molar-refractivity contribution in [3.8, 4) is 0 Å². The molecular weight excluding hydrogens is 330 g/mol. The number of nitrogen functional groups attached to an aromatic ring is 1. The van der Waals surface area contributed by atoms with Gasteiger partial charge in [-0.25, -0.2) is 4.98 Å². The van der Waals surface area contributed by atoms with Crippen molar-refractivity contribution in [1.82, 2.24) is 14.6 Å². The molecule has 7 heteroatoms. The number of nitrogens with one attached hydrogen (secondary N) is 1. The number of nitrogens with zero attached hydrogens (tertiary/aromatic N) is 3. The monoisotopic (exact) mass is 355 g/mol. The fraction of sp³-hybridized carbons (Fsp3) is 0.368. The van der Waals surface area contributed by atoms with Gasteiger partial charge in [-0.3, -0.25) is 0 Å². The Morgan fingerprint density at radius 2 is 2.08 bits per heavy atom. The molecule has 0 aliphatic rings. The highest BCUT2D eigenvalue weighted by Crippen LogP contribution is 2.24. The number of anilines is 2. The maximum atomic E-state index is 8.85. The topological polar surface area (TPSA) is 97.7 Å². The summed E-state index contributed by atoms with van der Waals surface area (Å²) in [5.74, 6) is 1.22. The molecule has 26 heavy (non-hydrogen) atoms. The number of hydrogen-bond acceptors (Lipinski definition) is 6. The van der Waals surface area contributed by atoms with E-state index in [1.807, 2.05) is 25.1 Å². The van der Waals surface area contributed by atoms with Crippen LogP contribution in [0, 0.1) is 0 Å². The Bertz CT molecular complexity index is 835. The number of benzene rings is 1. The van der Waals surface area contributed by atoms with Gasteiger partial charge in [0.2, 0.25) is 0 Å². The van der Waals surface area contributed by atoms with Crippen molar-refractivity contribution in [2.45, 2.75) is 32.4 Å². The van der Waals surface area contributed by atoms with Crippen molar-refractivity contribution in [3.05, 3.63) is 53.7 Å². The molecule has 3 rings (SSSR count). The van der Waals surface area contributed by atoms with E-state index < -0.39 is 0 Å². The summed E-state index contributed by atoms with van der Waals surface area (Å²) in [5.41, 5.74) is 8.75. The van der Waals surface area contributed by atoms with Crippen LogP contribution in [-0.2, 0) is 11.3 Å². The zero-order valence-electron chi connectivity index (χ0n) is 14.9. The molecule has 1 aromatic carbocycles. The van der Waals surface area contributed by atoms with Gasteiger partial charge in [-0.05, 0) is 25.3 Å². The largest absolute Gasteiger partial charge is 0.396 e. The van der Waals surface area contributed by atoms with Gasteiger partial charge in [0.05, 0.1) is 12.3 Å². The Morgan fingerprint density at radius 1 is 1.27 bits per heavy atom.